The number of aliphatic hydroxyl groups is 1. The molecule has 1 saturated heterocycles. The second kappa shape index (κ2) is 11.9. The molecule has 39 heavy (non-hydrogen) atoms. The molecule has 1 aromatic rings. The van der Waals surface area contributed by atoms with Gasteiger partial charge in [0.05, 0.1) is 18.8 Å². The Hall–Kier alpha value is -0.0494. The molecule has 6 nitrogen and oxygen atoms in total. The molecule has 1 N–H and O–H groups in total. The molecular weight excluding hydrogens is 559 g/mol. The van der Waals surface area contributed by atoms with E-state index < -0.39 is 36.2 Å². The van der Waals surface area contributed by atoms with E-state index in [9.17, 15) is 5.11 Å². The lowest BCUT2D eigenvalue weighted by molar-refractivity contribution is -0.252. The van der Waals surface area contributed by atoms with Gasteiger partial charge in [0.2, 0.25) is 5.12 Å². The molecule has 0 radical (unpaired) electrons. The molecule has 2 rings (SSSR count). The van der Waals surface area contributed by atoms with Crippen molar-refractivity contribution in [2.45, 2.75) is 152 Å². The second-order valence-corrected chi connectivity index (χ2v) is 31.3. The van der Waals surface area contributed by atoms with Crippen molar-refractivity contribution >= 4 is 36.7 Å². The van der Waals surface area contributed by atoms with Crippen molar-refractivity contribution < 1.29 is 23.1 Å². The van der Waals surface area contributed by atoms with Crippen molar-refractivity contribution in [2.24, 2.45) is 0 Å². The minimum atomic E-state index is -2.22. The molecule has 0 bridgehead atoms. The van der Waals surface area contributed by atoms with Crippen molar-refractivity contribution in [3.63, 3.8) is 0 Å². The number of thioether (sulfide) groups is 1. The number of hydrogen-bond acceptors (Lipinski definition) is 7. The topological polar surface area (TPSA) is 70.0 Å². The molecule has 2 heterocycles. The van der Waals surface area contributed by atoms with Crippen LogP contribution in [0.2, 0.25) is 54.4 Å². The van der Waals surface area contributed by atoms with Gasteiger partial charge < -0.3 is 23.1 Å². The van der Waals surface area contributed by atoms with Gasteiger partial charge in [0.1, 0.15) is 11.1 Å². The van der Waals surface area contributed by atoms with Crippen molar-refractivity contribution in [2.75, 3.05) is 6.61 Å². The largest absolute Gasteiger partial charge is 0.414 e. The van der Waals surface area contributed by atoms with Gasteiger partial charge in [-0.25, -0.2) is 4.98 Å². The summed E-state index contributed by atoms with van der Waals surface area (Å²) in [6.45, 7) is 34.1. The number of pyridine rings is 1. The highest BCUT2D eigenvalue weighted by Gasteiger charge is 2.54. The van der Waals surface area contributed by atoms with E-state index in [-0.39, 0.29) is 33.7 Å². The molecule has 0 unspecified atom stereocenters. The number of ether oxygens (including phenoxy) is 1. The van der Waals surface area contributed by atoms with E-state index in [1.165, 1.54) is 11.8 Å². The Labute approximate surface area is 246 Å². The van der Waals surface area contributed by atoms with Crippen molar-refractivity contribution in [3.8, 4) is 0 Å². The fraction of sp³-hybridized carbons (Fsp3) is 0.828. The van der Waals surface area contributed by atoms with Gasteiger partial charge in [-0.1, -0.05) is 68.4 Å². The molecule has 0 aliphatic carbocycles. The number of rotatable bonds is 9. The molecule has 0 aromatic carbocycles. The van der Waals surface area contributed by atoms with Crippen LogP contribution in [-0.2, 0) is 18.0 Å². The lowest BCUT2D eigenvalue weighted by Gasteiger charge is -2.52. The van der Waals surface area contributed by atoms with Gasteiger partial charge in [0.25, 0.3) is 0 Å². The van der Waals surface area contributed by atoms with E-state index in [1.807, 2.05) is 18.2 Å². The summed E-state index contributed by atoms with van der Waals surface area (Å²) in [7, 11) is -6.53. The van der Waals surface area contributed by atoms with Crippen molar-refractivity contribution in [1.82, 2.24) is 4.98 Å². The Morgan fingerprint density at radius 1 is 0.872 bits per heavy atom. The van der Waals surface area contributed by atoms with Gasteiger partial charge >= 0.3 is 0 Å². The van der Waals surface area contributed by atoms with E-state index in [2.05, 4.69) is 107 Å². The van der Waals surface area contributed by atoms with Crippen LogP contribution < -0.4 is 0 Å². The third-order valence-electron chi connectivity index (χ3n) is 9.33. The predicted molar refractivity (Wildman–Crippen MR) is 172 cm³/mol. The summed E-state index contributed by atoms with van der Waals surface area (Å²) >= 11 is 1.24. The van der Waals surface area contributed by atoms with Crippen LogP contribution in [0.25, 0.3) is 0 Å². The lowest BCUT2D eigenvalue weighted by atomic mass is 10.0. The zero-order valence-electron chi connectivity index (χ0n) is 27.4. The Morgan fingerprint density at radius 3 is 1.85 bits per heavy atom. The Bertz CT molecular complexity index is 941. The first kappa shape index (κ1) is 35.1. The van der Waals surface area contributed by atoms with Crippen LogP contribution in [0.3, 0.4) is 0 Å². The number of aromatic nitrogens is 1. The van der Waals surface area contributed by atoms with Crippen LogP contribution >= 0.6 is 11.8 Å². The fourth-order valence-corrected chi connectivity index (χ4v) is 8.25. The Balaban J connectivity index is 2.57. The van der Waals surface area contributed by atoms with E-state index in [1.54, 1.807) is 6.20 Å². The quantitative estimate of drug-likeness (QED) is 0.221. The highest BCUT2D eigenvalue weighted by atomic mass is 32.2. The molecule has 1 aliphatic rings. The van der Waals surface area contributed by atoms with E-state index >= 15 is 0 Å². The first-order valence-corrected chi connectivity index (χ1v) is 23.8. The maximum atomic E-state index is 12.0. The van der Waals surface area contributed by atoms with Crippen LogP contribution in [0.1, 0.15) is 68.7 Å². The van der Waals surface area contributed by atoms with Gasteiger partial charge in [-0.05, 0) is 78.3 Å². The average molecular weight is 616 g/mol. The molecule has 0 saturated carbocycles. The fourth-order valence-electron chi connectivity index (χ4n) is 3.57. The summed E-state index contributed by atoms with van der Waals surface area (Å²) in [6.07, 6.45) is 0.839. The number of nitrogens with zero attached hydrogens (tertiary/aromatic N) is 1. The van der Waals surface area contributed by atoms with Crippen LogP contribution in [0, 0.1) is 0 Å². The van der Waals surface area contributed by atoms with E-state index in [0.717, 1.165) is 0 Å². The molecule has 1 fully saturated rings. The monoisotopic (exact) mass is 615 g/mol. The molecule has 4 atom stereocenters. The van der Waals surface area contributed by atoms with Gasteiger partial charge in [0, 0.05) is 12.6 Å². The SMILES string of the molecule is CC(C)(C)[Si](C)(C)OC[C@H]1O[C@](O)(Sc2ccccn2)C[C@@H](O[Si](C)(C)C(C)(C)C)[C@@H]1O[Si](C)(C)C(C)(C)C. The lowest BCUT2D eigenvalue weighted by Crippen LogP contribution is -2.63. The Morgan fingerprint density at radius 2 is 1.38 bits per heavy atom. The molecule has 10 heteroatoms. The zero-order valence-corrected chi connectivity index (χ0v) is 31.2. The summed E-state index contributed by atoms with van der Waals surface area (Å²) < 4.78 is 27.5. The summed E-state index contributed by atoms with van der Waals surface area (Å²) in [5.74, 6) is 0. The van der Waals surface area contributed by atoms with E-state index in [4.69, 9.17) is 18.0 Å². The highest BCUT2D eigenvalue weighted by Crippen LogP contribution is 2.48. The summed E-state index contributed by atoms with van der Waals surface area (Å²) in [4.78, 5) is 4.45. The molecule has 0 amide bonds. The van der Waals surface area contributed by atoms with E-state index in [0.29, 0.717) is 11.6 Å². The minimum Gasteiger partial charge on any atom is -0.414 e. The first-order chi connectivity index (χ1) is 17.3. The van der Waals surface area contributed by atoms with Crippen LogP contribution in [0.5, 0.6) is 0 Å². The van der Waals surface area contributed by atoms with Gasteiger partial charge in [0.15, 0.2) is 25.0 Å². The maximum Gasteiger partial charge on any atom is 0.224 e. The van der Waals surface area contributed by atoms with Gasteiger partial charge in [-0.15, -0.1) is 0 Å². The maximum absolute atomic E-state index is 12.0. The molecular formula is C29H57NO5SSi3. The molecule has 1 aliphatic heterocycles. The highest BCUT2D eigenvalue weighted by molar-refractivity contribution is 8.00. The molecule has 226 valence electrons. The molecule has 0 spiro atoms. The van der Waals surface area contributed by atoms with Crippen molar-refractivity contribution in [3.05, 3.63) is 24.4 Å². The van der Waals surface area contributed by atoms with Gasteiger partial charge in [-0.3, -0.25) is 0 Å². The third-order valence-corrected chi connectivity index (χ3v) is 23.8. The number of hydrogen-bond donors (Lipinski definition) is 1. The minimum absolute atomic E-state index is 0.00616. The molecule has 1 aromatic heterocycles. The predicted octanol–water partition coefficient (Wildman–Crippen LogP) is 8.41. The standard InChI is InChI=1S/C29H57NO5SSi3/c1-26(2,3)37(10,11)32-21-23-25(35-39(14,15)28(7,8)9)22(34-38(12,13)27(4,5)6)20-29(31,33-23)36-24-18-16-17-19-30-24/h16-19,22-23,25,31H,20-21H2,1-15H3/t22-,23-,25+,29+/m1/s1. The zero-order chi connectivity index (χ0) is 30.3. The normalized spacial score (nSPS) is 26.1. The summed E-state index contributed by atoms with van der Waals surface area (Å²) in [6, 6.07) is 5.69. The Kier molecular flexibility index (Phi) is 10.7. The first-order valence-electron chi connectivity index (χ1n) is 14.3. The van der Waals surface area contributed by atoms with Crippen LogP contribution in [-0.4, -0.2) is 65.1 Å². The summed E-state index contributed by atoms with van der Waals surface area (Å²) in [5.41, 5.74) is 0. The second-order valence-electron chi connectivity index (χ2n) is 15.7. The van der Waals surface area contributed by atoms with Crippen LogP contribution in [0.15, 0.2) is 29.4 Å². The van der Waals surface area contributed by atoms with Crippen LogP contribution in [0.4, 0.5) is 0 Å². The average Bonchev–Trinajstić information content (AvgIpc) is 2.72. The third kappa shape index (κ3) is 8.97. The smallest absolute Gasteiger partial charge is 0.224 e. The summed E-state index contributed by atoms with van der Waals surface area (Å²) in [5, 5.41) is 11.2. The van der Waals surface area contributed by atoms with Crippen molar-refractivity contribution in [1.29, 1.82) is 0 Å². The van der Waals surface area contributed by atoms with Gasteiger partial charge in [-0.2, -0.15) is 0 Å².